The molecule has 17 heavy (non-hydrogen) atoms. The second-order valence-corrected chi connectivity index (χ2v) is 2.55. The van der Waals surface area contributed by atoms with Crippen LogP contribution in [-0.4, -0.2) is 54.2 Å². The lowest BCUT2D eigenvalue weighted by Crippen LogP contribution is -2.35. The summed E-state index contributed by atoms with van der Waals surface area (Å²) in [4.78, 5) is 25.1. The lowest BCUT2D eigenvalue weighted by atomic mass is 10.6. The molecular formula is C7H13N3O7. The predicted molar refractivity (Wildman–Crippen MR) is 50.4 cm³/mol. The van der Waals surface area contributed by atoms with Gasteiger partial charge in [-0.1, -0.05) is 0 Å². The molecule has 0 rings (SSSR count). The highest BCUT2D eigenvalue weighted by Crippen LogP contribution is 1.92. The van der Waals surface area contributed by atoms with E-state index in [0.717, 1.165) is 12.1 Å². The van der Waals surface area contributed by atoms with Crippen LogP contribution in [0.5, 0.6) is 0 Å². The molecule has 0 bridgehead atoms. The second kappa shape index (κ2) is 7.96. The van der Waals surface area contributed by atoms with Crippen molar-refractivity contribution in [2.45, 2.75) is 6.92 Å². The third-order valence-electron chi connectivity index (χ3n) is 1.45. The molecule has 0 radical (unpaired) electrons. The number of carboxylic acid groups (broad SMARTS) is 1. The van der Waals surface area contributed by atoms with Crippen molar-refractivity contribution in [3.63, 3.8) is 0 Å². The maximum Gasteiger partial charge on any atom is 0.510 e. The van der Waals surface area contributed by atoms with Crippen LogP contribution in [-0.2, 0) is 19.1 Å². The highest BCUT2D eigenvalue weighted by atomic mass is 16.8. The van der Waals surface area contributed by atoms with E-state index in [-0.39, 0.29) is 11.5 Å². The molecule has 10 heteroatoms. The quantitative estimate of drug-likeness (QED) is 0.167. The zero-order chi connectivity index (χ0) is 13.3. The Morgan fingerprint density at radius 3 is 2.65 bits per heavy atom. The first-order valence-electron chi connectivity index (χ1n) is 4.48. The van der Waals surface area contributed by atoms with Gasteiger partial charge in [-0.25, -0.2) is 4.79 Å². The number of hydrogen-bond acceptors (Lipinski definition) is 7. The smallest absolute Gasteiger partial charge is 0.510 e. The highest BCUT2D eigenvalue weighted by Gasteiger charge is 2.14. The van der Waals surface area contributed by atoms with Crippen molar-refractivity contribution >= 4 is 12.1 Å². The minimum Gasteiger partial charge on any atom is -0.569 e. The topological polar surface area (TPSA) is 124 Å². The van der Waals surface area contributed by atoms with E-state index in [4.69, 9.17) is 5.11 Å². The number of ether oxygens (including phenoxy) is 2. The van der Waals surface area contributed by atoms with E-state index in [1.807, 2.05) is 0 Å². The number of nitrogens with zero attached hydrogens (tertiary/aromatic N) is 3. The SMILES string of the molecule is CCN(CC(=O)O)/[N+]([O-])=N/OCOC(=O)OC. The molecule has 0 fully saturated rings. The number of likely N-dealkylation sites (N-methyl/N-ethyl adjacent to an activating group) is 1. The van der Waals surface area contributed by atoms with Crippen molar-refractivity contribution in [1.82, 2.24) is 5.01 Å². The summed E-state index contributed by atoms with van der Waals surface area (Å²) in [6.45, 7) is 0.551. The number of rotatable bonds is 7. The minimum absolute atomic E-state index is 0.0469. The molecule has 0 amide bonds. The monoisotopic (exact) mass is 251 g/mol. The Balaban J connectivity index is 4.04. The Kier molecular flexibility index (Phi) is 6.90. The van der Waals surface area contributed by atoms with Crippen molar-refractivity contribution in [3.05, 3.63) is 5.21 Å². The van der Waals surface area contributed by atoms with Crippen LogP contribution in [0.2, 0.25) is 0 Å². The lowest BCUT2D eigenvalue weighted by Gasteiger charge is -2.13. The van der Waals surface area contributed by atoms with E-state index in [9.17, 15) is 14.8 Å². The van der Waals surface area contributed by atoms with Crippen LogP contribution in [0.25, 0.3) is 0 Å². The molecule has 0 saturated heterocycles. The summed E-state index contributed by atoms with van der Waals surface area (Å²) in [6.07, 6.45) is -0.990. The Bertz CT molecular complexity index is 293. The normalized spacial score (nSPS) is 10.6. The largest absolute Gasteiger partial charge is 0.569 e. The summed E-state index contributed by atoms with van der Waals surface area (Å²) in [7, 11) is 1.10. The van der Waals surface area contributed by atoms with Crippen LogP contribution in [0.3, 0.4) is 0 Å². The Morgan fingerprint density at radius 2 is 2.18 bits per heavy atom. The fourth-order valence-electron chi connectivity index (χ4n) is 0.707. The summed E-state index contributed by atoms with van der Waals surface area (Å²) < 4.78 is 8.37. The van der Waals surface area contributed by atoms with Crippen molar-refractivity contribution in [3.8, 4) is 0 Å². The molecular weight excluding hydrogens is 238 g/mol. The van der Waals surface area contributed by atoms with Crippen LogP contribution >= 0.6 is 0 Å². The average Bonchev–Trinajstić information content (AvgIpc) is 2.30. The molecule has 0 aromatic heterocycles. The maximum atomic E-state index is 11.1. The summed E-state index contributed by atoms with van der Waals surface area (Å²) in [5.74, 6) is -1.19. The average molecular weight is 251 g/mol. The van der Waals surface area contributed by atoms with Gasteiger partial charge < -0.3 is 24.6 Å². The molecule has 0 aromatic carbocycles. The van der Waals surface area contributed by atoms with E-state index in [1.165, 1.54) is 0 Å². The molecule has 1 N–H and O–H groups in total. The van der Waals surface area contributed by atoms with Gasteiger partial charge in [0.15, 0.2) is 6.54 Å². The Labute approximate surface area is 96.5 Å². The first-order chi connectivity index (χ1) is 8.01. The van der Waals surface area contributed by atoms with Gasteiger partial charge in [-0.05, 0) is 6.92 Å². The van der Waals surface area contributed by atoms with Gasteiger partial charge in [0.25, 0.3) is 6.79 Å². The molecule has 0 aliphatic rings. The Hall–Kier alpha value is -2.26. The molecule has 98 valence electrons. The van der Waals surface area contributed by atoms with Crippen molar-refractivity contribution < 1.29 is 34.0 Å². The number of hydrazine groups is 1. The number of methoxy groups -OCH3 is 1. The van der Waals surface area contributed by atoms with Crippen LogP contribution in [0, 0.1) is 5.21 Å². The minimum atomic E-state index is -1.19. The van der Waals surface area contributed by atoms with E-state index < -0.39 is 25.5 Å². The van der Waals surface area contributed by atoms with E-state index in [1.54, 1.807) is 6.92 Å². The fraction of sp³-hybridized carbons (Fsp3) is 0.714. The number of carboxylic acids is 1. The Morgan fingerprint density at radius 1 is 1.53 bits per heavy atom. The highest BCUT2D eigenvalue weighted by molar-refractivity contribution is 5.68. The van der Waals surface area contributed by atoms with Gasteiger partial charge in [-0.15, -0.1) is 5.01 Å². The summed E-state index contributed by atoms with van der Waals surface area (Å²) in [6, 6.07) is 0. The van der Waals surface area contributed by atoms with Crippen LogP contribution in [0.1, 0.15) is 6.92 Å². The fourth-order valence-corrected chi connectivity index (χ4v) is 0.707. The third-order valence-corrected chi connectivity index (χ3v) is 1.45. The summed E-state index contributed by atoms with van der Waals surface area (Å²) >= 11 is 0. The van der Waals surface area contributed by atoms with Crippen molar-refractivity contribution in [1.29, 1.82) is 0 Å². The zero-order valence-corrected chi connectivity index (χ0v) is 9.36. The summed E-state index contributed by atoms with van der Waals surface area (Å²) in [5, 5.41) is 23.4. The number of carbonyl (C=O) groups is 2. The van der Waals surface area contributed by atoms with Gasteiger partial charge in [0.1, 0.15) is 0 Å². The molecule has 0 aromatic rings. The van der Waals surface area contributed by atoms with Gasteiger partial charge in [0.05, 0.1) is 18.6 Å². The van der Waals surface area contributed by atoms with Crippen LogP contribution in [0.15, 0.2) is 5.28 Å². The predicted octanol–water partition coefficient (Wildman–Crippen LogP) is -0.0575. The van der Waals surface area contributed by atoms with Crippen LogP contribution in [0.4, 0.5) is 4.79 Å². The van der Waals surface area contributed by atoms with E-state index in [0.29, 0.717) is 0 Å². The lowest BCUT2D eigenvalue weighted by molar-refractivity contribution is -0.709. The zero-order valence-electron chi connectivity index (χ0n) is 9.36. The molecule has 0 aliphatic carbocycles. The van der Waals surface area contributed by atoms with Crippen LogP contribution < -0.4 is 0 Å². The molecule has 10 nitrogen and oxygen atoms in total. The molecule has 0 unspecified atom stereocenters. The first kappa shape index (κ1) is 14.7. The van der Waals surface area contributed by atoms with Gasteiger partial charge in [-0.3, -0.25) is 4.79 Å². The third kappa shape index (κ3) is 6.76. The van der Waals surface area contributed by atoms with Gasteiger partial charge in [-0.2, -0.15) is 0 Å². The molecule has 0 spiro atoms. The number of carbonyl (C=O) groups excluding carboxylic acids is 1. The molecule has 0 saturated carbocycles. The number of aliphatic carboxylic acids is 1. The maximum absolute atomic E-state index is 11.1. The molecule has 0 aliphatic heterocycles. The summed E-state index contributed by atoms with van der Waals surface area (Å²) in [5.41, 5.74) is 0. The molecule has 0 heterocycles. The van der Waals surface area contributed by atoms with Gasteiger partial charge in [0, 0.05) is 0 Å². The van der Waals surface area contributed by atoms with Crippen molar-refractivity contribution in [2.24, 2.45) is 5.28 Å². The van der Waals surface area contributed by atoms with E-state index in [2.05, 4.69) is 19.6 Å². The van der Waals surface area contributed by atoms with E-state index >= 15 is 0 Å². The first-order valence-corrected chi connectivity index (χ1v) is 4.48. The van der Waals surface area contributed by atoms with Crippen molar-refractivity contribution in [2.75, 3.05) is 27.0 Å². The van der Waals surface area contributed by atoms with Gasteiger partial charge in [0.2, 0.25) is 5.28 Å². The number of hydrogen-bond donors (Lipinski definition) is 1. The molecule has 0 atom stereocenters. The standard InChI is InChI=1S/C7H13N3O7/c1-3-9(4-6(11)12)10(14)8-17-5-16-7(13)15-2/h3-5H2,1-2H3,(H,11,12)/b10-8-. The van der Waals surface area contributed by atoms with Gasteiger partial charge >= 0.3 is 12.1 Å². The second-order valence-electron chi connectivity index (χ2n) is 2.55.